The number of likely N-dealkylation sites (tertiary alicyclic amines) is 1. The van der Waals surface area contributed by atoms with Crippen LogP contribution in [0.15, 0.2) is 36.4 Å². The predicted molar refractivity (Wildman–Crippen MR) is 111 cm³/mol. The minimum Gasteiger partial charge on any atom is -0.493 e. The monoisotopic (exact) mass is 424 g/mol. The molecule has 2 atom stereocenters. The van der Waals surface area contributed by atoms with Crippen molar-refractivity contribution in [3.05, 3.63) is 58.7 Å². The van der Waals surface area contributed by atoms with Crippen LogP contribution in [-0.2, 0) is 20.9 Å². The van der Waals surface area contributed by atoms with Gasteiger partial charge in [-0.25, -0.2) is 4.79 Å². The van der Waals surface area contributed by atoms with Gasteiger partial charge in [0.05, 0.1) is 14.2 Å². The Morgan fingerprint density at radius 3 is 2.55 bits per heavy atom. The van der Waals surface area contributed by atoms with Gasteiger partial charge < -0.3 is 19.5 Å². The highest BCUT2D eigenvalue weighted by Crippen LogP contribution is 2.45. The number of nitrogens with one attached hydrogen (secondary N) is 1. The predicted octanol–water partition coefficient (Wildman–Crippen LogP) is 2.49. The van der Waals surface area contributed by atoms with Gasteiger partial charge in [0.1, 0.15) is 11.6 Å². The van der Waals surface area contributed by atoms with Gasteiger partial charge in [0.25, 0.3) is 0 Å². The van der Waals surface area contributed by atoms with Gasteiger partial charge in [-0.15, -0.1) is 0 Å². The van der Waals surface area contributed by atoms with Crippen molar-refractivity contribution in [2.24, 2.45) is 0 Å². The molecule has 31 heavy (non-hydrogen) atoms. The van der Waals surface area contributed by atoms with Crippen LogP contribution in [0.5, 0.6) is 11.5 Å². The molecule has 1 fully saturated rings. The van der Waals surface area contributed by atoms with E-state index in [1.165, 1.54) is 19.1 Å². The van der Waals surface area contributed by atoms with Crippen LogP contribution in [0.25, 0.3) is 0 Å². The Kier molecular flexibility index (Phi) is 5.54. The lowest BCUT2D eigenvalue weighted by Crippen LogP contribution is -2.46. The summed E-state index contributed by atoms with van der Waals surface area (Å²) in [4.78, 5) is 39.6. The molecule has 1 saturated heterocycles. The van der Waals surface area contributed by atoms with E-state index in [1.54, 1.807) is 12.1 Å². The fraction of sp³-hybridized carbons (Fsp3) is 0.348. The van der Waals surface area contributed by atoms with Crippen LogP contribution in [0.4, 0.5) is 0 Å². The van der Waals surface area contributed by atoms with Crippen LogP contribution < -0.4 is 14.8 Å². The van der Waals surface area contributed by atoms with Crippen LogP contribution in [0.1, 0.15) is 46.1 Å². The zero-order valence-electron chi connectivity index (χ0n) is 17.6. The molecule has 2 heterocycles. The lowest BCUT2D eigenvalue weighted by molar-refractivity contribution is -0.145. The highest BCUT2D eigenvalue weighted by atomic mass is 16.6. The zero-order chi connectivity index (χ0) is 22.1. The molecule has 0 saturated carbocycles. The summed E-state index contributed by atoms with van der Waals surface area (Å²) in [5.74, 6) is -0.500. The van der Waals surface area contributed by atoms with Gasteiger partial charge in [-0.1, -0.05) is 29.8 Å². The minimum atomic E-state index is -0.979. The van der Waals surface area contributed by atoms with Crippen molar-refractivity contribution in [2.75, 3.05) is 14.2 Å². The molecule has 0 bridgehead atoms. The molecular formula is C23H24N2O6. The normalized spacial score (nSPS) is 19.8. The summed E-state index contributed by atoms with van der Waals surface area (Å²) in [5, 5.41) is 2.89. The van der Waals surface area contributed by atoms with Crippen LogP contribution >= 0.6 is 0 Å². The second kappa shape index (κ2) is 8.29. The van der Waals surface area contributed by atoms with Gasteiger partial charge in [-0.3, -0.25) is 14.5 Å². The van der Waals surface area contributed by atoms with E-state index in [0.717, 1.165) is 11.1 Å². The van der Waals surface area contributed by atoms with E-state index in [2.05, 4.69) is 5.32 Å². The van der Waals surface area contributed by atoms with Crippen molar-refractivity contribution in [2.45, 2.75) is 38.6 Å². The van der Waals surface area contributed by atoms with Gasteiger partial charge >= 0.3 is 5.97 Å². The summed E-state index contributed by atoms with van der Waals surface area (Å²) in [7, 11) is 2.90. The first-order valence-corrected chi connectivity index (χ1v) is 10.0. The van der Waals surface area contributed by atoms with Crippen LogP contribution in [0, 0.1) is 6.92 Å². The Hall–Kier alpha value is -3.55. The number of benzene rings is 2. The largest absolute Gasteiger partial charge is 0.493 e. The number of methoxy groups -OCH3 is 2. The van der Waals surface area contributed by atoms with E-state index in [0.29, 0.717) is 24.3 Å². The molecule has 0 radical (unpaired) electrons. The molecule has 2 aromatic rings. The third-order valence-corrected chi connectivity index (χ3v) is 5.66. The van der Waals surface area contributed by atoms with E-state index in [4.69, 9.17) is 14.2 Å². The van der Waals surface area contributed by atoms with Crippen molar-refractivity contribution in [1.29, 1.82) is 0 Å². The number of ether oxygens (including phenoxy) is 3. The fourth-order valence-corrected chi connectivity index (χ4v) is 4.06. The van der Waals surface area contributed by atoms with Gasteiger partial charge in [-0.2, -0.15) is 0 Å². The number of esters is 1. The first-order valence-electron chi connectivity index (χ1n) is 10.0. The summed E-state index contributed by atoms with van der Waals surface area (Å²) in [6, 6.07) is 10.4. The van der Waals surface area contributed by atoms with Gasteiger partial charge in [0, 0.05) is 18.5 Å². The van der Waals surface area contributed by atoms with Crippen LogP contribution in [0.3, 0.4) is 0 Å². The number of carbonyl (C=O) groups excluding carboxylic acids is 3. The number of hydrogen-bond donors (Lipinski definition) is 1. The van der Waals surface area contributed by atoms with E-state index < -0.39 is 18.2 Å². The number of hydrogen-bond acceptors (Lipinski definition) is 6. The van der Waals surface area contributed by atoms with E-state index in [9.17, 15) is 14.4 Å². The molecule has 0 unspecified atom stereocenters. The molecule has 2 aromatic carbocycles. The van der Waals surface area contributed by atoms with Crippen LogP contribution in [0.2, 0.25) is 0 Å². The SMILES string of the molecule is COc1ccc2c(c1OC)C(=O)O[C@H]2N1C(=O)CC[C@H]1C(=O)NCc1ccc(C)cc1. The third kappa shape index (κ3) is 3.69. The van der Waals surface area contributed by atoms with Gasteiger partial charge in [0.15, 0.2) is 11.5 Å². The van der Waals surface area contributed by atoms with Crippen molar-refractivity contribution < 1.29 is 28.6 Å². The second-order valence-electron chi connectivity index (χ2n) is 7.58. The van der Waals surface area contributed by atoms with Crippen molar-refractivity contribution in [1.82, 2.24) is 10.2 Å². The standard InChI is InChI=1S/C23H24N2O6/c1-13-4-6-14(7-5-13)12-24-21(27)16-9-11-18(26)25(16)22-15-8-10-17(29-2)20(30-3)19(15)23(28)31-22/h4-8,10,16,22H,9,11-12H2,1-3H3,(H,24,27)/t16-,22+/m0/s1. The van der Waals surface area contributed by atoms with E-state index in [1.807, 2.05) is 31.2 Å². The third-order valence-electron chi connectivity index (χ3n) is 5.66. The topological polar surface area (TPSA) is 94.2 Å². The van der Waals surface area contributed by atoms with Crippen molar-refractivity contribution >= 4 is 17.8 Å². The Bertz CT molecular complexity index is 1030. The molecule has 2 amide bonds. The highest BCUT2D eigenvalue weighted by Gasteiger charge is 2.47. The maximum absolute atomic E-state index is 12.9. The summed E-state index contributed by atoms with van der Waals surface area (Å²) in [5.41, 5.74) is 2.79. The summed E-state index contributed by atoms with van der Waals surface area (Å²) >= 11 is 0. The summed E-state index contributed by atoms with van der Waals surface area (Å²) in [6.45, 7) is 2.35. The van der Waals surface area contributed by atoms with Gasteiger partial charge in [-0.05, 0) is 31.0 Å². The van der Waals surface area contributed by atoms with Gasteiger partial charge in [0.2, 0.25) is 18.0 Å². The molecule has 1 N–H and O–H groups in total. The molecular weight excluding hydrogens is 400 g/mol. The number of carbonyl (C=O) groups is 3. The number of amides is 2. The molecule has 8 heteroatoms. The zero-order valence-corrected chi connectivity index (χ0v) is 17.6. The maximum atomic E-state index is 12.9. The number of nitrogens with zero attached hydrogens (tertiary/aromatic N) is 1. The van der Waals surface area contributed by atoms with Crippen molar-refractivity contribution in [3.8, 4) is 11.5 Å². The lowest BCUT2D eigenvalue weighted by Gasteiger charge is -2.29. The Labute approximate surface area is 180 Å². The minimum absolute atomic E-state index is 0.208. The second-order valence-corrected chi connectivity index (χ2v) is 7.58. The van der Waals surface area contributed by atoms with Crippen LogP contribution in [-0.4, -0.2) is 42.9 Å². The average molecular weight is 424 g/mol. The Morgan fingerprint density at radius 1 is 1.13 bits per heavy atom. The first-order chi connectivity index (χ1) is 14.9. The molecule has 0 spiro atoms. The smallest absolute Gasteiger partial charge is 0.344 e. The summed E-state index contributed by atoms with van der Waals surface area (Å²) in [6.07, 6.45) is -0.415. The lowest BCUT2D eigenvalue weighted by atomic mass is 10.0. The Balaban J connectivity index is 1.57. The van der Waals surface area contributed by atoms with E-state index >= 15 is 0 Å². The fourth-order valence-electron chi connectivity index (χ4n) is 4.06. The number of fused-ring (bicyclic) bond motifs is 1. The first kappa shape index (κ1) is 20.7. The highest BCUT2D eigenvalue weighted by molar-refractivity contribution is 5.99. The molecule has 2 aliphatic heterocycles. The molecule has 2 aliphatic rings. The summed E-state index contributed by atoms with van der Waals surface area (Å²) < 4.78 is 16.1. The quantitative estimate of drug-likeness (QED) is 0.716. The number of aryl methyl sites for hydroxylation is 1. The number of cyclic esters (lactones) is 1. The average Bonchev–Trinajstić information content (AvgIpc) is 3.32. The number of rotatable bonds is 6. The maximum Gasteiger partial charge on any atom is 0.344 e. The molecule has 0 aromatic heterocycles. The molecule has 0 aliphatic carbocycles. The van der Waals surface area contributed by atoms with E-state index in [-0.39, 0.29) is 29.5 Å². The van der Waals surface area contributed by atoms with Crippen molar-refractivity contribution in [3.63, 3.8) is 0 Å². The molecule has 162 valence electrons. The Morgan fingerprint density at radius 2 is 1.87 bits per heavy atom. The molecule has 8 nitrogen and oxygen atoms in total. The molecule has 4 rings (SSSR count).